The molecular weight excluding hydrogens is 252 g/mol. The van der Waals surface area contributed by atoms with Gasteiger partial charge in [0.2, 0.25) is 11.6 Å². The second-order valence-electron chi connectivity index (χ2n) is 2.74. The molecule has 1 atom stereocenters. The maximum absolute atomic E-state index is 9.54. The van der Waals surface area contributed by atoms with E-state index in [0.717, 1.165) is 13.8 Å². The van der Waals surface area contributed by atoms with Gasteiger partial charge < -0.3 is 20.4 Å². The van der Waals surface area contributed by atoms with Crippen molar-refractivity contribution >= 4 is 29.5 Å². The molecule has 0 saturated carbocycles. The van der Waals surface area contributed by atoms with Crippen LogP contribution in [0.4, 0.5) is 0 Å². The van der Waals surface area contributed by atoms with Crippen LogP contribution in [0.1, 0.15) is 20.8 Å². The smallest absolute Gasteiger partial charge is 0.371 e. The molecule has 0 rings (SSSR count). The molecule has 0 spiro atoms. The number of carboxylic acid groups (broad SMARTS) is 3. The summed E-state index contributed by atoms with van der Waals surface area (Å²) >= 11 is 0. The van der Waals surface area contributed by atoms with Crippen LogP contribution in [0.5, 0.6) is 0 Å². The van der Waals surface area contributed by atoms with Crippen LogP contribution in [0.15, 0.2) is 0 Å². The van der Waals surface area contributed by atoms with Gasteiger partial charge in [0, 0.05) is 13.8 Å². The largest absolute Gasteiger partial charge is 0.479 e. The van der Waals surface area contributed by atoms with Crippen molar-refractivity contribution in [3.63, 3.8) is 0 Å². The predicted molar refractivity (Wildman–Crippen MR) is 56.0 cm³/mol. The van der Waals surface area contributed by atoms with Crippen molar-refractivity contribution in [2.24, 2.45) is 0 Å². The summed E-state index contributed by atoms with van der Waals surface area (Å²) in [5, 5.41) is 31.1. The maximum atomic E-state index is 9.54. The number of Topliss-reactive ketones (excluding diaryl/α,β-unsaturated/α-hetero) is 2. The third kappa shape index (κ3) is 23.5. The van der Waals surface area contributed by atoms with Crippen LogP contribution in [0.2, 0.25) is 0 Å². The van der Waals surface area contributed by atoms with Gasteiger partial charge in [-0.3, -0.25) is 9.59 Å². The molecule has 0 aromatic rings. The predicted octanol–water partition coefficient (Wildman–Crippen LogP) is -1.23. The lowest BCUT2D eigenvalue weighted by atomic mass is 10.4. The number of aliphatic carboxylic acids is 3. The highest BCUT2D eigenvalue weighted by Crippen LogP contribution is 1.73. The fourth-order valence-electron chi connectivity index (χ4n) is 0. The number of aliphatic hydroxyl groups excluding tert-OH is 1. The second kappa shape index (κ2) is 11.2. The number of aliphatic hydroxyl groups is 1. The molecule has 0 aliphatic rings. The Balaban J connectivity index is -0.000000187. The second-order valence-corrected chi connectivity index (χ2v) is 2.74. The number of rotatable bonds is 3. The van der Waals surface area contributed by atoms with E-state index in [1.54, 1.807) is 0 Å². The normalized spacial score (nSPS) is 9.56. The van der Waals surface area contributed by atoms with Crippen molar-refractivity contribution in [2.45, 2.75) is 26.9 Å². The third-order valence-corrected chi connectivity index (χ3v) is 0.960. The van der Waals surface area contributed by atoms with Crippen molar-refractivity contribution in [3.8, 4) is 0 Å². The average molecular weight is 266 g/mol. The van der Waals surface area contributed by atoms with Gasteiger partial charge in [0.05, 0.1) is 0 Å². The van der Waals surface area contributed by atoms with Crippen LogP contribution in [-0.4, -0.2) is 56.0 Å². The molecule has 0 aromatic carbocycles. The molecule has 0 bridgehead atoms. The van der Waals surface area contributed by atoms with Gasteiger partial charge in [-0.15, -0.1) is 0 Å². The van der Waals surface area contributed by atoms with Gasteiger partial charge in [-0.1, -0.05) is 0 Å². The van der Waals surface area contributed by atoms with Gasteiger partial charge in [0.25, 0.3) is 0 Å². The third-order valence-electron chi connectivity index (χ3n) is 0.960. The van der Waals surface area contributed by atoms with E-state index in [1.807, 2.05) is 0 Å². The summed E-state index contributed by atoms with van der Waals surface area (Å²) in [5.74, 6) is -5.59. The Morgan fingerprint density at radius 1 is 0.778 bits per heavy atom. The minimum Gasteiger partial charge on any atom is -0.479 e. The molecule has 0 saturated heterocycles. The van der Waals surface area contributed by atoms with Crippen molar-refractivity contribution in [1.82, 2.24) is 0 Å². The molecule has 0 aliphatic carbocycles. The van der Waals surface area contributed by atoms with Crippen LogP contribution in [-0.2, 0) is 24.0 Å². The van der Waals surface area contributed by atoms with E-state index >= 15 is 0 Å². The van der Waals surface area contributed by atoms with Gasteiger partial charge in [-0.05, 0) is 6.92 Å². The molecule has 0 amide bonds. The van der Waals surface area contributed by atoms with Gasteiger partial charge in [-0.25, -0.2) is 14.4 Å². The first-order valence-electron chi connectivity index (χ1n) is 4.32. The van der Waals surface area contributed by atoms with E-state index in [9.17, 15) is 24.0 Å². The fourth-order valence-corrected chi connectivity index (χ4v) is 0. The van der Waals surface area contributed by atoms with Crippen molar-refractivity contribution in [3.05, 3.63) is 0 Å². The molecule has 104 valence electrons. The number of carbonyl (C=O) groups excluding carboxylic acids is 2. The molecule has 1 unspecified atom stereocenters. The van der Waals surface area contributed by atoms with E-state index in [1.165, 1.54) is 6.92 Å². The van der Waals surface area contributed by atoms with Crippen molar-refractivity contribution < 1.29 is 44.4 Å². The number of ketones is 2. The quantitative estimate of drug-likeness (QED) is 0.457. The van der Waals surface area contributed by atoms with Crippen LogP contribution in [0, 0.1) is 0 Å². The van der Waals surface area contributed by atoms with E-state index in [4.69, 9.17) is 20.4 Å². The minimum atomic E-state index is -1.38. The number of carboxylic acids is 3. The number of hydrogen-bond acceptors (Lipinski definition) is 6. The standard InChI is InChI=1S/C3H6O3.2C3H4O3/c3*1-2(4)3(5)6/h2,4H,1H3,(H,5,6);2*1H3,(H,5,6). The topological polar surface area (TPSA) is 166 Å². The highest BCUT2D eigenvalue weighted by molar-refractivity contribution is 6.31. The molecule has 9 heteroatoms. The Bertz CT molecular complexity index is 281. The lowest BCUT2D eigenvalue weighted by Crippen LogP contribution is -2.13. The average Bonchev–Trinajstić information content (AvgIpc) is 2.18. The van der Waals surface area contributed by atoms with Crippen molar-refractivity contribution in [2.75, 3.05) is 0 Å². The first-order valence-corrected chi connectivity index (χ1v) is 4.32. The molecule has 0 heterocycles. The zero-order valence-corrected chi connectivity index (χ0v) is 9.91. The van der Waals surface area contributed by atoms with Gasteiger partial charge in [0.15, 0.2) is 0 Å². The molecular formula is C9H14O9. The molecule has 0 radical (unpaired) electrons. The summed E-state index contributed by atoms with van der Waals surface area (Å²) in [6.07, 6.45) is -1.23. The lowest BCUT2D eigenvalue weighted by molar-refractivity contribution is -0.148. The Morgan fingerprint density at radius 2 is 0.889 bits per heavy atom. The number of hydrogen-bond donors (Lipinski definition) is 4. The highest BCUT2D eigenvalue weighted by Gasteiger charge is 2.01. The van der Waals surface area contributed by atoms with Crippen LogP contribution in [0.3, 0.4) is 0 Å². The van der Waals surface area contributed by atoms with E-state index in [-0.39, 0.29) is 0 Å². The van der Waals surface area contributed by atoms with Crippen LogP contribution < -0.4 is 0 Å². The maximum Gasteiger partial charge on any atom is 0.371 e. The first-order chi connectivity index (χ1) is 7.93. The van der Waals surface area contributed by atoms with Gasteiger partial charge in [-0.2, -0.15) is 0 Å². The molecule has 0 aromatic heterocycles. The van der Waals surface area contributed by atoms with E-state index in [2.05, 4.69) is 0 Å². The Morgan fingerprint density at radius 3 is 0.889 bits per heavy atom. The monoisotopic (exact) mass is 266 g/mol. The summed E-state index contributed by atoms with van der Waals surface area (Å²) in [5.41, 5.74) is 0. The van der Waals surface area contributed by atoms with Crippen LogP contribution in [0.25, 0.3) is 0 Å². The summed E-state index contributed by atoms with van der Waals surface area (Å²) in [6.45, 7) is 3.20. The molecule has 0 aliphatic heterocycles. The number of carbonyl (C=O) groups is 5. The molecule has 0 fully saturated rings. The summed E-state index contributed by atoms with van der Waals surface area (Å²) in [7, 11) is 0. The fraction of sp³-hybridized carbons (Fsp3) is 0.444. The summed E-state index contributed by atoms with van der Waals surface area (Å²) in [6, 6.07) is 0. The first kappa shape index (κ1) is 21.0. The van der Waals surface area contributed by atoms with Crippen LogP contribution >= 0.6 is 0 Å². The summed E-state index contributed by atoms with van der Waals surface area (Å²) in [4.78, 5) is 47.2. The zero-order chi connectivity index (χ0) is 15.5. The van der Waals surface area contributed by atoms with Gasteiger partial charge in [0.1, 0.15) is 6.10 Å². The summed E-state index contributed by atoms with van der Waals surface area (Å²) < 4.78 is 0. The van der Waals surface area contributed by atoms with Crippen molar-refractivity contribution in [1.29, 1.82) is 0 Å². The minimum absolute atomic E-state index is 0.824. The molecule has 18 heavy (non-hydrogen) atoms. The highest BCUT2D eigenvalue weighted by atomic mass is 16.4. The van der Waals surface area contributed by atoms with Gasteiger partial charge >= 0.3 is 17.9 Å². The Kier molecular flexibility index (Phi) is 13.1. The molecule has 4 N–H and O–H groups in total. The Labute approximate surface area is 102 Å². The van der Waals surface area contributed by atoms with E-state index < -0.39 is 35.6 Å². The lowest BCUT2D eigenvalue weighted by Gasteiger charge is -1.89. The van der Waals surface area contributed by atoms with E-state index in [0.29, 0.717) is 0 Å². The SMILES string of the molecule is CC(=O)C(=O)O.CC(=O)C(=O)O.CC(O)C(=O)O. The Hall–Kier alpha value is -2.29. The molecule has 9 nitrogen and oxygen atoms in total. The zero-order valence-electron chi connectivity index (χ0n) is 9.91.